The van der Waals surface area contributed by atoms with E-state index >= 15 is 0 Å². The first kappa shape index (κ1) is 14.7. The Morgan fingerprint density at radius 2 is 2.10 bits per heavy atom. The number of allylic oxidation sites excluding steroid dienone is 2. The van der Waals surface area contributed by atoms with E-state index in [-0.39, 0.29) is 5.69 Å². The van der Waals surface area contributed by atoms with E-state index in [1.165, 1.54) is 6.07 Å². The fourth-order valence-corrected chi connectivity index (χ4v) is 2.84. The van der Waals surface area contributed by atoms with Crippen LogP contribution in [0.2, 0.25) is 0 Å². The van der Waals surface area contributed by atoms with Gasteiger partial charge in [-0.05, 0) is 39.2 Å². The van der Waals surface area contributed by atoms with Crippen LogP contribution in [0.5, 0.6) is 0 Å². The number of hydrogen-bond donors (Lipinski definition) is 2. The number of benzene rings is 1. The van der Waals surface area contributed by atoms with Gasteiger partial charge in [-0.1, -0.05) is 12.1 Å². The number of nitrogens with two attached hydrogens (primary N) is 1. The van der Waals surface area contributed by atoms with Crippen LogP contribution < -0.4 is 11.2 Å². The van der Waals surface area contributed by atoms with Crippen molar-refractivity contribution in [2.45, 2.75) is 25.6 Å². The van der Waals surface area contributed by atoms with Crippen molar-refractivity contribution >= 4 is 23.2 Å². The maximum Gasteiger partial charge on any atom is 0.149 e. The number of rotatable bonds is 3. The normalized spacial score (nSPS) is 17.9. The van der Waals surface area contributed by atoms with Crippen molar-refractivity contribution in [2.75, 3.05) is 12.0 Å². The fourth-order valence-electron chi connectivity index (χ4n) is 2.18. The molecule has 20 heavy (non-hydrogen) atoms. The zero-order chi connectivity index (χ0) is 14.9. The first-order valence-electron chi connectivity index (χ1n) is 6.28. The SMILES string of the molecule is CSC(C)(c1cccc(F)c1N)N1N=C(C)C=C(C)N1. The van der Waals surface area contributed by atoms with Gasteiger partial charge in [0.15, 0.2) is 0 Å². The molecule has 1 aliphatic rings. The predicted molar refractivity (Wildman–Crippen MR) is 83.5 cm³/mol. The van der Waals surface area contributed by atoms with Gasteiger partial charge in [-0.2, -0.15) is 10.2 Å². The molecule has 0 fully saturated rings. The topological polar surface area (TPSA) is 53.6 Å². The summed E-state index contributed by atoms with van der Waals surface area (Å²) in [5.41, 5.74) is 11.8. The molecule has 1 unspecified atom stereocenters. The molecule has 4 nitrogen and oxygen atoms in total. The van der Waals surface area contributed by atoms with E-state index < -0.39 is 10.7 Å². The lowest BCUT2D eigenvalue weighted by Crippen LogP contribution is -2.48. The number of nitrogen functional groups attached to an aromatic ring is 1. The third-order valence-electron chi connectivity index (χ3n) is 3.32. The number of hydrazone groups is 1. The van der Waals surface area contributed by atoms with Crippen molar-refractivity contribution in [3.05, 3.63) is 41.4 Å². The lowest BCUT2D eigenvalue weighted by molar-refractivity contribution is 0.132. The van der Waals surface area contributed by atoms with E-state index in [4.69, 9.17) is 5.73 Å². The highest BCUT2D eigenvalue weighted by molar-refractivity contribution is 7.99. The van der Waals surface area contributed by atoms with Gasteiger partial charge in [0.2, 0.25) is 0 Å². The molecule has 0 saturated heterocycles. The van der Waals surface area contributed by atoms with Crippen molar-refractivity contribution in [2.24, 2.45) is 5.10 Å². The molecule has 2 rings (SSSR count). The van der Waals surface area contributed by atoms with Gasteiger partial charge in [-0.25, -0.2) is 4.39 Å². The summed E-state index contributed by atoms with van der Waals surface area (Å²) >= 11 is 1.54. The summed E-state index contributed by atoms with van der Waals surface area (Å²) in [6.45, 7) is 5.85. The quantitative estimate of drug-likeness (QED) is 0.841. The van der Waals surface area contributed by atoms with Crippen LogP contribution in [0.4, 0.5) is 10.1 Å². The van der Waals surface area contributed by atoms with E-state index in [1.54, 1.807) is 22.9 Å². The highest BCUT2D eigenvalue weighted by atomic mass is 32.2. The third-order valence-corrected chi connectivity index (χ3v) is 4.51. The largest absolute Gasteiger partial charge is 0.396 e. The Labute approximate surface area is 122 Å². The molecular weight excluding hydrogens is 275 g/mol. The van der Waals surface area contributed by atoms with Gasteiger partial charge < -0.3 is 5.73 Å². The average molecular weight is 294 g/mol. The zero-order valence-electron chi connectivity index (χ0n) is 12.1. The lowest BCUT2D eigenvalue weighted by atomic mass is 10.1. The molecule has 0 bridgehead atoms. The predicted octanol–water partition coefficient (Wildman–Crippen LogP) is 3.04. The summed E-state index contributed by atoms with van der Waals surface area (Å²) < 4.78 is 13.7. The Morgan fingerprint density at radius 3 is 2.70 bits per heavy atom. The number of nitrogens with zero attached hydrogens (tertiary/aromatic N) is 2. The molecule has 0 spiro atoms. The second-order valence-electron chi connectivity index (χ2n) is 4.88. The molecule has 0 saturated carbocycles. The molecule has 1 aromatic carbocycles. The molecule has 1 heterocycles. The summed E-state index contributed by atoms with van der Waals surface area (Å²) in [4.78, 5) is -0.608. The van der Waals surface area contributed by atoms with Crippen LogP contribution in [0, 0.1) is 5.82 Å². The molecule has 0 radical (unpaired) electrons. The Kier molecular flexibility index (Phi) is 3.94. The molecule has 108 valence electrons. The maximum atomic E-state index is 13.7. The summed E-state index contributed by atoms with van der Waals surface area (Å²) in [5, 5.41) is 6.22. The fraction of sp³-hybridized carbons (Fsp3) is 0.357. The van der Waals surface area contributed by atoms with E-state index in [0.717, 1.165) is 11.4 Å². The summed E-state index contributed by atoms with van der Waals surface area (Å²) in [6.07, 6.45) is 3.90. The minimum atomic E-state index is -0.608. The van der Waals surface area contributed by atoms with Crippen LogP contribution in [0.15, 0.2) is 35.1 Å². The Bertz CT molecular complexity index is 585. The smallest absolute Gasteiger partial charge is 0.149 e. The number of nitrogens with one attached hydrogen (secondary N) is 1. The number of hydrazine groups is 1. The van der Waals surface area contributed by atoms with E-state index in [1.807, 2.05) is 39.2 Å². The molecule has 0 amide bonds. The van der Waals surface area contributed by atoms with E-state index in [2.05, 4.69) is 10.5 Å². The maximum absolute atomic E-state index is 13.7. The van der Waals surface area contributed by atoms with Gasteiger partial charge in [0.05, 0.1) is 11.4 Å². The van der Waals surface area contributed by atoms with Crippen LogP contribution in [0.25, 0.3) is 0 Å². The molecular formula is C14H19FN4S. The number of para-hydroxylation sites is 1. The van der Waals surface area contributed by atoms with Gasteiger partial charge in [-0.3, -0.25) is 5.43 Å². The van der Waals surface area contributed by atoms with Crippen molar-refractivity contribution in [1.82, 2.24) is 10.5 Å². The average Bonchev–Trinajstić information content (AvgIpc) is 2.40. The standard InChI is InChI=1S/C14H19FN4S/c1-9-8-10(2)18-19(17-9)14(3,20-4)11-6-5-7-12(15)13(11)16/h5-8,17H,16H2,1-4H3. The van der Waals surface area contributed by atoms with E-state index in [9.17, 15) is 4.39 Å². The Morgan fingerprint density at radius 1 is 1.40 bits per heavy atom. The van der Waals surface area contributed by atoms with Crippen molar-refractivity contribution in [1.29, 1.82) is 0 Å². The second kappa shape index (κ2) is 5.36. The first-order chi connectivity index (χ1) is 9.38. The van der Waals surface area contributed by atoms with Crippen LogP contribution in [-0.4, -0.2) is 17.1 Å². The summed E-state index contributed by atoms with van der Waals surface area (Å²) in [7, 11) is 0. The van der Waals surface area contributed by atoms with Gasteiger partial charge in [-0.15, -0.1) is 11.8 Å². The van der Waals surface area contributed by atoms with Crippen molar-refractivity contribution in [3.63, 3.8) is 0 Å². The Balaban J connectivity index is 2.49. The number of anilines is 1. The summed E-state index contributed by atoms with van der Waals surface area (Å²) in [5.74, 6) is -0.409. The van der Waals surface area contributed by atoms with Gasteiger partial charge in [0.1, 0.15) is 10.7 Å². The minimum Gasteiger partial charge on any atom is -0.396 e. The van der Waals surface area contributed by atoms with Crippen LogP contribution in [0.1, 0.15) is 26.3 Å². The second-order valence-corrected chi connectivity index (χ2v) is 6.08. The first-order valence-corrected chi connectivity index (χ1v) is 7.51. The van der Waals surface area contributed by atoms with Crippen molar-refractivity contribution in [3.8, 4) is 0 Å². The molecule has 6 heteroatoms. The summed E-state index contributed by atoms with van der Waals surface area (Å²) in [6, 6.07) is 4.86. The van der Waals surface area contributed by atoms with Gasteiger partial charge in [0.25, 0.3) is 0 Å². The molecule has 1 aliphatic heterocycles. The molecule has 0 aromatic heterocycles. The van der Waals surface area contributed by atoms with Gasteiger partial charge >= 0.3 is 0 Å². The van der Waals surface area contributed by atoms with Crippen LogP contribution >= 0.6 is 11.8 Å². The number of hydrogen-bond acceptors (Lipinski definition) is 5. The Hall–Kier alpha value is -1.69. The number of thioether (sulfide) groups is 1. The van der Waals surface area contributed by atoms with Crippen LogP contribution in [0.3, 0.4) is 0 Å². The molecule has 1 atom stereocenters. The highest BCUT2D eigenvalue weighted by Crippen LogP contribution is 2.41. The van der Waals surface area contributed by atoms with Gasteiger partial charge in [0, 0.05) is 11.3 Å². The highest BCUT2D eigenvalue weighted by Gasteiger charge is 2.36. The van der Waals surface area contributed by atoms with Crippen LogP contribution in [-0.2, 0) is 4.87 Å². The lowest BCUT2D eigenvalue weighted by Gasteiger charge is -2.40. The third kappa shape index (κ3) is 2.47. The monoisotopic (exact) mass is 294 g/mol. The molecule has 3 N–H and O–H groups in total. The minimum absolute atomic E-state index is 0.159. The zero-order valence-corrected chi connectivity index (χ0v) is 12.9. The van der Waals surface area contributed by atoms with Crippen molar-refractivity contribution < 1.29 is 4.39 Å². The number of halogens is 1. The molecule has 0 aliphatic carbocycles. The van der Waals surface area contributed by atoms with E-state index in [0.29, 0.717) is 5.56 Å². The molecule has 1 aromatic rings.